The number of nitrogens with zero attached hydrogens (tertiary/aromatic N) is 7. The van der Waals surface area contributed by atoms with Crippen LogP contribution in [0.15, 0.2) is 49.6 Å². The molecule has 3 aromatic rings. The quantitative estimate of drug-likeness (QED) is 0.550. The van der Waals surface area contributed by atoms with Crippen molar-refractivity contribution in [1.82, 2.24) is 29.9 Å². The maximum absolute atomic E-state index is 13.5. The number of benzene rings is 1. The van der Waals surface area contributed by atoms with E-state index in [4.69, 9.17) is 11.6 Å². The Morgan fingerprint density at radius 1 is 1.27 bits per heavy atom. The molecule has 9 heteroatoms. The third-order valence-corrected chi connectivity index (χ3v) is 4.94. The van der Waals surface area contributed by atoms with E-state index in [2.05, 4.69) is 26.7 Å². The Labute approximate surface area is 180 Å². The predicted octanol–water partition coefficient (Wildman–Crippen LogP) is 3.34. The van der Waals surface area contributed by atoms with Gasteiger partial charge in [0.15, 0.2) is 0 Å². The molecule has 0 saturated carbocycles. The fourth-order valence-corrected chi connectivity index (χ4v) is 3.35. The lowest BCUT2D eigenvalue weighted by atomic mass is 10.1. The van der Waals surface area contributed by atoms with E-state index < -0.39 is 0 Å². The van der Waals surface area contributed by atoms with E-state index in [9.17, 15) is 4.79 Å². The van der Waals surface area contributed by atoms with Crippen molar-refractivity contribution in [2.24, 2.45) is 0 Å². The van der Waals surface area contributed by atoms with Crippen LogP contribution in [-0.4, -0.2) is 61.9 Å². The summed E-state index contributed by atoms with van der Waals surface area (Å²) >= 11 is 5.87. The number of hydrogen-bond acceptors (Lipinski definition) is 6. The summed E-state index contributed by atoms with van der Waals surface area (Å²) in [6.07, 6.45) is 7.98. The topological polar surface area (TPSA) is 80.0 Å². The minimum Gasteiger partial charge on any atom is -0.342 e. The fraction of sp³-hybridized carbons (Fsp3) is 0.286. The summed E-state index contributed by atoms with van der Waals surface area (Å²) in [5.74, 6) is 0.441. The SMILES string of the molecule is C=Cc1ccc(-n2nccn2)c(C(=O)N(CC)[C@@H](C)CN(C)c2ncc(Cl)cn2)c1. The molecule has 2 heterocycles. The number of halogens is 1. The molecule has 1 aromatic carbocycles. The van der Waals surface area contributed by atoms with Gasteiger partial charge in [0.25, 0.3) is 5.91 Å². The molecule has 2 aromatic heterocycles. The molecule has 156 valence electrons. The lowest BCUT2D eigenvalue weighted by Crippen LogP contribution is -2.45. The highest BCUT2D eigenvalue weighted by molar-refractivity contribution is 6.30. The van der Waals surface area contributed by atoms with E-state index in [0.717, 1.165) is 5.56 Å². The Morgan fingerprint density at radius 2 is 1.93 bits per heavy atom. The summed E-state index contributed by atoms with van der Waals surface area (Å²) in [6, 6.07) is 5.43. The van der Waals surface area contributed by atoms with Crippen LogP contribution in [0.2, 0.25) is 5.02 Å². The van der Waals surface area contributed by atoms with Crippen molar-refractivity contribution >= 4 is 29.5 Å². The van der Waals surface area contributed by atoms with Gasteiger partial charge in [0.1, 0.15) is 0 Å². The molecule has 0 aliphatic rings. The van der Waals surface area contributed by atoms with Gasteiger partial charge in [-0.2, -0.15) is 15.0 Å². The van der Waals surface area contributed by atoms with Gasteiger partial charge in [-0.1, -0.05) is 30.3 Å². The van der Waals surface area contributed by atoms with Crippen LogP contribution in [0.25, 0.3) is 11.8 Å². The summed E-state index contributed by atoms with van der Waals surface area (Å²) in [7, 11) is 1.88. The molecular weight excluding hydrogens is 402 g/mol. The largest absolute Gasteiger partial charge is 0.342 e. The van der Waals surface area contributed by atoms with E-state index in [1.54, 1.807) is 30.9 Å². The molecular formula is C21H24ClN7O. The van der Waals surface area contributed by atoms with Crippen molar-refractivity contribution in [2.75, 3.05) is 25.0 Å². The number of likely N-dealkylation sites (N-methyl/N-ethyl adjacent to an activating group) is 2. The monoisotopic (exact) mass is 425 g/mol. The molecule has 1 atom stereocenters. The van der Waals surface area contributed by atoms with Gasteiger partial charge in [-0.15, -0.1) is 0 Å². The lowest BCUT2D eigenvalue weighted by Gasteiger charge is -2.32. The number of hydrogen-bond donors (Lipinski definition) is 0. The van der Waals surface area contributed by atoms with Crippen LogP contribution in [-0.2, 0) is 0 Å². The van der Waals surface area contributed by atoms with Gasteiger partial charge in [0.2, 0.25) is 5.95 Å². The highest BCUT2D eigenvalue weighted by Gasteiger charge is 2.25. The molecule has 30 heavy (non-hydrogen) atoms. The van der Waals surface area contributed by atoms with Gasteiger partial charge in [0.05, 0.1) is 41.1 Å². The third kappa shape index (κ3) is 4.65. The summed E-state index contributed by atoms with van der Waals surface area (Å²) < 4.78 is 0. The van der Waals surface area contributed by atoms with Gasteiger partial charge in [-0.05, 0) is 31.5 Å². The average Bonchev–Trinajstić information content (AvgIpc) is 3.28. The van der Waals surface area contributed by atoms with Gasteiger partial charge < -0.3 is 9.80 Å². The van der Waals surface area contributed by atoms with Crippen LogP contribution in [0.5, 0.6) is 0 Å². The van der Waals surface area contributed by atoms with Crippen molar-refractivity contribution in [3.8, 4) is 5.69 Å². The van der Waals surface area contributed by atoms with E-state index >= 15 is 0 Å². The third-order valence-electron chi connectivity index (χ3n) is 4.74. The second-order valence-corrected chi connectivity index (χ2v) is 7.26. The molecule has 0 unspecified atom stereocenters. The Hall–Kier alpha value is -3.26. The second-order valence-electron chi connectivity index (χ2n) is 6.82. The Balaban J connectivity index is 1.86. The summed E-state index contributed by atoms with van der Waals surface area (Å²) in [4.78, 5) is 27.2. The highest BCUT2D eigenvalue weighted by Crippen LogP contribution is 2.20. The number of aromatic nitrogens is 5. The van der Waals surface area contributed by atoms with E-state index in [1.807, 2.05) is 48.9 Å². The first-order valence-corrected chi connectivity index (χ1v) is 9.95. The number of amides is 1. The van der Waals surface area contributed by atoms with E-state index in [0.29, 0.717) is 35.3 Å². The van der Waals surface area contributed by atoms with E-state index in [1.165, 1.54) is 4.80 Å². The first-order chi connectivity index (χ1) is 14.4. The molecule has 0 spiro atoms. The minimum absolute atomic E-state index is 0.0994. The zero-order valence-corrected chi connectivity index (χ0v) is 18.0. The van der Waals surface area contributed by atoms with Crippen LogP contribution in [0.3, 0.4) is 0 Å². The van der Waals surface area contributed by atoms with Crippen LogP contribution in [0.1, 0.15) is 29.8 Å². The number of anilines is 1. The van der Waals surface area contributed by atoms with Crippen molar-refractivity contribution in [3.05, 3.63) is 65.7 Å². The predicted molar refractivity (Wildman–Crippen MR) is 118 cm³/mol. The molecule has 3 rings (SSSR count). The van der Waals surface area contributed by atoms with Gasteiger partial charge in [-0.3, -0.25) is 4.79 Å². The average molecular weight is 426 g/mol. The molecule has 0 saturated heterocycles. The fourth-order valence-electron chi connectivity index (χ4n) is 3.26. The van der Waals surface area contributed by atoms with Gasteiger partial charge >= 0.3 is 0 Å². The summed E-state index contributed by atoms with van der Waals surface area (Å²) in [5, 5.41) is 8.85. The maximum atomic E-state index is 13.5. The molecule has 0 N–H and O–H groups in total. The lowest BCUT2D eigenvalue weighted by molar-refractivity contribution is 0.0708. The van der Waals surface area contributed by atoms with Crippen molar-refractivity contribution < 1.29 is 4.79 Å². The Morgan fingerprint density at radius 3 is 2.53 bits per heavy atom. The smallest absolute Gasteiger partial charge is 0.256 e. The Kier molecular flexibility index (Phi) is 6.79. The second kappa shape index (κ2) is 9.49. The summed E-state index contributed by atoms with van der Waals surface area (Å²) in [5.41, 5.74) is 1.99. The van der Waals surface area contributed by atoms with Gasteiger partial charge in [-0.25, -0.2) is 9.97 Å². The van der Waals surface area contributed by atoms with Crippen LogP contribution < -0.4 is 4.90 Å². The van der Waals surface area contributed by atoms with Crippen LogP contribution in [0, 0.1) is 0 Å². The summed E-state index contributed by atoms with van der Waals surface area (Å²) in [6.45, 7) is 8.86. The molecule has 1 amide bonds. The first kappa shape index (κ1) is 21.4. The van der Waals surface area contributed by atoms with Crippen LogP contribution in [0.4, 0.5) is 5.95 Å². The molecule has 0 aliphatic carbocycles. The Bertz CT molecular complexity index is 1000. The van der Waals surface area contributed by atoms with Crippen molar-refractivity contribution in [3.63, 3.8) is 0 Å². The highest BCUT2D eigenvalue weighted by atomic mass is 35.5. The molecule has 0 bridgehead atoms. The minimum atomic E-state index is -0.105. The van der Waals surface area contributed by atoms with Crippen LogP contribution >= 0.6 is 11.6 Å². The maximum Gasteiger partial charge on any atom is 0.256 e. The standard InChI is InChI=1S/C21H24ClN7O/c1-5-16-7-8-19(29-25-9-10-26-29)18(11-16)20(30)28(6-2)15(3)14-27(4)21-23-12-17(22)13-24-21/h5,7-13,15H,1,6,14H2,2-4H3/t15-/m0/s1. The van der Waals surface area contributed by atoms with Crippen molar-refractivity contribution in [1.29, 1.82) is 0 Å². The number of carbonyl (C=O) groups excluding carboxylic acids is 1. The van der Waals surface area contributed by atoms with E-state index in [-0.39, 0.29) is 11.9 Å². The zero-order chi connectivity index (χ0) is 21.7. The first-order valence-electron chi connectivity index (χ1n) is 9.57. The van der Waals surface area contributed by atoms with Crippen molar-refractivity contribution in [2.45, 2.75) is 19.9 Å². The number of carbonyl (C=O) groups is 1. The zero-order valence-electron chi connectivity index (χ0n) is 17.2. The molecule has 8 nitrogen and oxygen atoms in total. The molecule has 0 fully saturated rings. The van der Waals surface area contributed by atoms with Gasteiger partial charge in [0, 0.05) is 26.2 Å². The normalized spacial score (nSPS) is 11.7. The number of rotatable bonds is 8. The molecule has 0 radical (unpaired) electrons. The molecule has 0 aliphatic heterocycles.